The van der Waals surface area contributed by atoms with Crippen molar-refractivity contribution in [2.75, 3.05) is 25.4 Å². The highest BCUT2D eigenvalue weighted by Gasteiger charge is 2.28. The molecule has 1 heterocycles. The van der Waals surface area contributed by atoms with E-state index in [-0.39, 0.29) is 17.7 Å². The molecule has 1 aliphatic carbocycles. The molecule has 1 saturated heterocycles. The maximum atomic E-state index is 12.2. The third kappa shape index (κ3) is 6.30. The van der Waals surface area contributed by atoms with Crippen LogP contribution in [0.5, 0.6) is 0 Å². The molecule has 0 bridgehead atoms. The number of likely N-dealkylation sites (tertiary alicyclic amines) is 1. The molecule has 3 N–H and O–H groups in total. The van der Waals surface area contributed by atoms with Crippen molar-refractivity contribution < 1.29 is 13.2 Å². The fraction of sp³-hybridized carbons (Fsp3) is 0.938. The van der Waals surface area contributed by atoms with E-state index < -0.39 is 10.0 Å². The zero-order valence-corrected chi connectivity index (χ0v) is 15.2. The predicted octanol–water partition coefficient (Wildman–Crippen LogP) is 1.91. The van der Waals surface area contributed by atoms with E-state index in [4.69, 9.17) is 5.14 Å². The van der Waals surface area contributed by atoms with Crippen LogP contribution < -0.4 is 10.5 Å². The van der Waals surface area contributed by atoms with Crippen LogP contribution in [0.4, 0.5) is 4.79 Å². The van der Waals surface area contributed by atoms with E-state index in [0.717, 1.165) is 6.54 Å². The number of sulfonamides is 1. The Morgan fingerprint density at radius 3 is 2.22 bits per heavy atom. The first-order valence-corrected chi connectivity index (χ1v) is 10.4. The van der Waals surface area contributed by atoms with E-state index in [9.17, 15) is 13.2 Å². The number of nitrogens with two attached hydrogens (primary N) is 1. The van der Waals surface area contributed by atoms with Gasteiger partial charge in [0.15, 0.2) is 0 Å². The second-order valence-corrected chi connectivity index (χ2v) is 9.71. The fourth-order valence-corrected chi connectivity index (χ4v) is 4.63. The number of urea groups is 1. The minimum absolute atomic E-state index is 0.0103. The lowest BCUT2D eigenvalue weighted by Crippen LogP contribution is -2.46. The summed E-state index contributed by atoms with van der Waals surface area (Å²) in [6, 6.07) is -0.0103. The van der Waals surface area contributed by atoms with E-state index in [1.54, 1.807) is 4.90 Å². The summed E-state index contributed by atoms with van der Waals surface area (Å²) < 4.78 is 22.2. The summed E-state index contributed by atoms with van der Waals surface area (Å²) in [5, 5.41) is 8.15. The first-order chi connectivity index (χ1) is 10.6. The van der Waals surface area contributed by atoms with Gasteiger partial charge in [-0.05, 0) is 55.8 Å². The van der Waals surface area contributed by atoms with Gasteiger partial charge in [-0.15, -0.1) is 0 Å². The Balaban J connectivity index is 1.67. The number of hydrogen-bond acceptors (Lipinski definition) is 3. The van der Waals surface area contributed by atoms with E-state index in [1.165, 1.54) is 25.7 Å². The molecular weight excluding hydrogens is 314 g/mol. The molecule has 6 nitrogen and oxygen atoms in total. The molecule has 0 unspecified atom stereocenters. The van der Waals surface area contributed by atoms with Gasteiger partial charge in [0.05, 0.1) is 5.75 Å². The lowest BCUT2D eigenvalue weighted by Gasteiger charge is -2.35. The summed E-state index contributed by atoms with van der Waals surface area (Å²) in [5.74, 6) is 0.696. The van der Waals surface area contributed by atoms with Crippen LogP contribution >= 0.6 is 0 Å². The third-order valence-electron chi connectivity index (χ3n) is 5.37. The Hall–Kier alpha value is -0.820. The monoisotopic (exact) mass is 345 g/mol. The number of rotatable bonds is 4. The molecular formula is C16H31N3O3S. The summed E-state index contributed by atoms with van der Waals surface area (Å²) in [4.78, 5) is 14.0. The van der Waals surface area contributed by atoms with Gasteiger partial charge in [0.1, 0.15) is 0 Å². The number of nitrogens with zero attached hydrogens (tertiary/aromatic N) is 1. The van der Waals surface area contributed by atoms with Gasteiger partial charge in [-0.1, -0.05) is 13.8 Å². The average Bonchev–Trinajstić information content (AvgIpc) is 2.45. The SMILES string of the molecule is CC1(C)CCC(CNC(=O)N2CCC(CS(N)(=O)=O)CC2)CC1. The highest BCUT2D eigenvalue weighted by molar-refractivity contribution is 7.89. The Morgan fingerprint density at radius 1 is 1.13 bits per heavy atom. The average molecular weight is 346 g/mol. The number of hydrogen-bond donors (Lipinski definition) is 2. The molecule has 2 fully saturated rings. The topological polar surface area (TPSA) is 92.5 Å². The van der Waals surface area contributed by atoms with Crippen molar-refractivity contribution in [3.63, 3.8) is 0 Å². The van der Waals surface area contributed by atoms with Gasteiger partial charge in [0.2, 0.25) is 10.0 Å². The highest BCUT2D eigenvalue weighted by atomic mass is 32.2. The Bertz CT molecular complexity index is 501. The first-order valence-electron chi connectivity index (χ1n) is 8.68. The lowest BCUT2D eigenvalue weighted by molar-refractivity contribution is 0.163. The van der Waals surface area contributed by atoms with Crippen LogP contribution in [0.2, 0.25) is 0 Å². The second kappa shape index (κ2) is 7.38. The summed E-state index contributed by atoms with van der Waals surface area (Å²) in [7, 11) is -3.41. The molecule has 2 rings (SSSR count). The molecule has 0 atom stereocenters. The van der Waals surface area contributed by atoms with Crippen LogP contribution in [0.15, 0.2) is 0 Å². The summed E-state index contributed by atoms with van der Waals surface area (Å²) in [5.41, 5.74) is 0.450. The number of piperidine rings is 1. The smallest absolute Gasteiger partial charge is 0.317 e. The van der Waals surface area contributed by atoms with Crippen molar-refractivity contribution in [3.8, 4) is 0 Å². The summed E-state index contributed by atoms with van der Waals surface area (Å²) >= 11 is 0. The maximum absolute atomic E-state index is 12.2. The maximum Gasteiger partial charge on any atom is 0.317 e. The minimum Gasteiger partial charge on any atom is -0.338 e. The number of amides is 2. The van der Waals surface area contributed by atoms with E-state index in [2.05, 4.69) is 19.2 Å². The molecule has 2 aliphatic rings. The molecule has 0 radical (unpaired) electrons. The van der Waals surface area contributed by atoms with Crippen LogP contribution in [-0.4, -0.2) is 44.7 Å². The van der Waals surface area contributed by atoms with Gasteiger partial charge in [-0.2, -0.15) is 0 Å². The van der Waals surface area contributed by atoms with Crippen molar-refractivity contribution in [3.05, 3.63) is 0 Å². The number of nitrogens with one attached hydrogen (secondary N) is 1. The van der Waals surface area contributed by atoms with Crippen LogP contribution in [0.25, 0.3) is 0 Å². The third-order valence-corrected chi connectivity index (χ3v) is 6.31. The van der Waals surface area contributed by atoms with E-state index in [0.29, 0.717) is 37.3 Å². The van der Waals surface area contributed by atoms with E-state index >= 15 is 0 Å². The standard InChI is InChI=1S/C16H31N3O3S/c1-16(2)7-3-13(4-8-16)11-18-15(20)19-9-5-14(6-10-19)12-23(17,21)22/h13-14H,3-12H2,1-2H3,(H,18,20)(H2,17,21,22). The van der Waals surface area contributed by atoms with Gasteiger partial charge in [0.25, 0.3) is 0 Å². The van der Waals surface area contributed by atoms with Crippen molar-refractivity contribution in [2.45, 2.75) is 52.4 Å². The van der Waals surface area contributed by atoms with Gasteiger partial charge < -0.3 is 10.2 Å². The Labute approximate surface area is 140 Å². The first kappa shape index (κ1) is 18.5. The normalized spacial score (nSPS) is 23.7. The van der Waals surface area contributed by atoms with Crippen molar-refractivity contribution in [1.82, 2.24) is 10.2 Å². The molecule has 134 valence electrons. The quantitative estimate of drug-likeness (QED) is 0.815. The summed E-state index contributed by atoms with van der Waals surface area (Å²) in [6.07, 6.45) is 6.25. The lowest BCUT2D eigenvalue weighted by atomic mass is 9.73. The van der Waals surface area contributed by atoms with Crippen molar-refractivity contribution in [2.24, 2.45) is 22.4 Å². The van der Waals surface area contributed by atoms with Gasteiger partial charge >= 0.3 is 6.03 Å². The van der Waals surface area contributed by atoms with Crippen LogP contribution in [0.3, 0.4) is 0 Å². The molecule has 0 aromatic carbocycles. The van der Waals surface area contributed by atoms with Crippen LogP contribution in [0.1, 0.15) is 52.4 Å². The van der Waals surface area contributed by atoms with Crippen molar-refractivity contribution in [1.29, 1.82) is 0 Å². The second-order valence-electron chi connectivity index (χ2n) is 8.05. The fourth-order valence-electron chi connectivity index (χ4n) is 3.64. The van der Waals surface area contributed by atoms with Gasteiger partial charge in [-0.25, -0.2) is 18.4 Å². The van der Waals surface area contributed by atoms with E-state index in [1.807, 2.05) is 0 Å². The predicted molar refractivity (Wildman–Crippen MR) is 91.4 cm³/mol. The number of carbonyl (C=O) groups excluding carboxylic acids is 1. The molecule has 0 aromatic rings. The molecule has 2 amide bonds. The number of carbonyl (C=O) groups is 1. The van der Waals surface area contributed by atoms with Crippen LogP contribution in [0, 0.1) is 17.3 Å². The molecule has 1 aliphatic heterocycles. The molecule has 7 heteroatoms. The zero-order chi connectivity index (χ0) is 17.1. The Kier molecular flexibility index (Phi) is 5.94. The molecule has 23 heavy (non-hydrogen) atoms. The Morgan fingerprint density at radius 2 is 1.70 bits per heavy atom. The highest BCUT2D eigenvalue weighted by Crippen LogP contribution is 2.37. The van der Waals surface area contributed by atoms with Gasteiger partial charge in [0, 0.05) is 19.6 Å². The van der Waals surface area contributed by atoms with Crippen LogP contribution in [-0.2, 0) is 10.0 Å². The summed E-state index contributed by atoms with van der Waals surface area (Å²) in [6.45, 7) is 6.61. The molecule has 0 spiro atoms. The largest absolute Gasteiger partial charge is 0.338 e. The van der Waals surface area contributed by atoms with Gasteiger partial charge in [-0.3, -0.25) is 0 Å². The zero-order valence-electron chi connectivity index (χ0n) is 14.4. The molecule has 1 saturated carbocycles. The van der Waals surface area contributed by atoms with Crippen molar-refractivity contribution >= 4 is 16.1 Å². The number of primary sulfonamides is 1. The molecule has 0 aromatic heterocycles. The minimum atomic E-state index is -3.41.